The fraction of sp³-hybridized carbons (Fsp3) is 0.273. The molecule has 0 aliphatic carbocycles. The molecule has 1 aromatic rings. The van der Waals surface area contributed by atoms with Crippen molar-refractivity contribution in [1.29, 1.82) is 0 Å². The Morgan fingerprint density at radius 3 is 1.72 bits per heavy atom. The lowest BCUT2D eigenvalue weighted by atomic mass is 10.2. The van der Waals surface area contributed by atoms with Crippen molar-refractivity contribution in [2.75, 3.05) is 0 Å². The summed E-state index contributed by atoms with van der Waals surface area (Å²) in [5, 5.41) is 32.2. The standard InChI is InChI=1S/C7H7BrO2.2C2H4O2/c8-6-3-1-2-5(4-6)7(9)10;2*1-2(3)4/h1-4,7,9-10H;2*1H3,(H,3,4). The Kier molecular flexibility index (Phi) is 11.2. The van der Waals surface area contributed by atoms with Gasteiger partial charge in [0.05, 0.1) is 0 Å². The van der Waals surface area contributed by atoms with Gasteiger partial charge in [0.1, 0.15) is 0 Å². The second-order valence-corrected chi connectivity index (χ2v) is 3.88. The van der Waals surface area contributed by atoms with Gasteiger partial charge in [-0.1, -0.05) is 28.1 Å². The van der Waals surface area contributed by atoms with E-state index in [1.807, 2.05) is 6.07 Å². The van der Waals surface area contributed by atoms with Gasteiger partial charge < -0.3 is 20.4 Å². The minimum Gasteiger partial charge on any atom is -0.481 e. The average Bonchev–Trinajstić information content (AvgIpc) is 2.15. The van der Waals surface area contributed by atoms with Crippen molar-refractivity contribution < 1.29 is 30.0 Å². The fourth-order valence-corrected chi connectivity index (χ4v) is 1.08. The van der Waals surface area contributed by atoms with Crippen LogP contribution in [-0.4, -0.2) is 32.4 Å². The minimum atomic E-state index is -1.38. The van der Waals surface area contributed by atoms with Gasteiger partial charge in [0.2, 0.25) is 0 Å². The van der Waals surface area contributed by atoms with E-state index in [1.165, 1.54) is 0 Å². The molecule has 1 aromatic carbocycles. The smallest absolute Gasteiger partial charge is 0.300 e. The Balaban J connectivity index is 0. The van der Waals surface area contributed by atoms with Crippen LogP contribution in [0.25, 0.3) is 0 Å². The van der Waals surface area contributed by atoms with Gasteiger partial charge in [-0.3, -0.25) is 9.59 Å². The number of aliphatic carboxylic acids is 2. The molecule has 0 atom stereocenters. The van der Waals surface area contributed by atoms with Gasteiger partial charge in [-0.2, -0.15) is 0 Å². The summed E-state index contributed by atoms with van der Waals surface area (Å²) in [5.41, 5.74) is 0.495. The van der Waals surface area contributed by atoms with Crippen molar-refractivity contribution in [3.05, 3.63) is 34.3 Å². The number of benzene rings is 1. The van der Waals surface area contributed by atoms with Crippen LogP contribution in [-0.2, 0) is 9.59 Å². The van der Waals surface area contributed by atoms with Crippen molar-refractivity contribution in [1.82, 2.24) is 0 Å². The number of carboxylic acids is 2. The third-order valence-corrected chi connectivity index (χ3v) is 1.64. The second kappa shape index (κ2) is 10.7. The maximum Gasteiger partial charge on any atom is 0.300 e. The second-order valence-electron chi connectivity index (χ2n) is 2.97. The molecule has 7 heteroatoms. The molecule has 0 fully saturated rings. The maximum absolute atomic E-state index is 9.00. The van der Waals surface area contributed by atoms with Crippen molar-refractivity contribution in [3.63, 3.8) is 0 Å². The number of carboxylic acid groups (broad SMARTS) is 2. The summed E-state index contributed by atoms with van der Waals surface area (Å²) in [6.07, 6.45) is -1.38. The highest BCUT2D eigenvalue weighted by molar-refractivity contribution is 9.10. The van der Waals surface area contributed by atoms with Crippen LogP contribution in [0.5, 0.6) is 0 Å². The predicted molar refractivity (Wildman–Crippen MR) is 67.9 cm³/mol. The molecule has 0 aliphatic rings. The molecule has 0 saturated heterocycles. The molecule has 0 unspecified atom stereocenters. The van der Waals surface area contributed by atoms with E-state index in [4.69, 9.17) is 30.0 Å². The molecule has 18 heavy (non-hydrogen) atoms. The Morgan fingerprint density at radius 1 is 1.11 bits per heavy atom. The number of hydrogen-bond donors (Lipinski definition) is 4. The lowest BCUT2D eigenvalue weighted by molar-refractivity contribution is -0.135. The number of hydrogen-bond acceptors (Lipinski definition) is 4. The normalized spacial score (nSPS) is 8.56. The Morgan fingerprint density at radius 2 is 1.50 bits per heavy atom. The first-order chi connectivity index (χ1) is 8.16. The van der Waals surface area contributed by atoms with Gasteiger partial charge in [-0.05, 0) is 12.1 Å². The molecule has 0 bridgehead atoms. The number of halogens is 1. The molecule has 0 saturated carbocycles. The average molecular weight is 323 g/mol. The van der Waals surface area contributed by atoms with Gasteiger partial charge in [0, 0.05) is 23.9 Å². The highest BCUT2D eigenvalue weighted by atomic mass is 79.9. The van der Waals surface area contributed by atoms with E-state index >= 15 is 0 Å². The third kappa shape index (κ3) is 17.0. The van der Waals surface area contributed by atoms with E-state index in [0.29, 0.717) is 5.56 Å². The van der Waals surface area contributed by atoms with Crippen LogP contribution in [0.2, 0.25) is 0 Å². The van der Waals surface area contributed by atoms with Crippen LogP contribution in [0, 0.1) is 0 Å². The molecule has 0 spiro atoms. The fourth-order valence-electron chi connectivity index (χ4n) is 0.667. The van der Waals surface area contributed by atoms with Gasteiger partial charge in [-0.25, -0.2) is 0 Å². The van der Waals surface area contributed by atoms with Crippen LogP contribution >= 0.6 is 15.9 Å². The van der Waals surface area contributed by atoms with E-state index in [-0.39, 0.29) is 0 Å². The molecule has 4 N–H and O–H groups in total. The molecule has 6 nitrogen and oxygen atoms in total. The summed E-state index contributed by atoms with van der Waals surface area (Å²) >= 11 is 3.21. The van der Waals surface area contributed by atoms with Crippen molar-refractivity contribution in [2.45, 2.75) is 20.1 Å². The SMILES string of the molecule is CC(=O)O.CC(=O)O.OC(O)c1cccc(Br)c1. The van der Waals surface area contributed by atoms with E-state index in [0.717, 1.165) is 18.3 Å². The van der Waals surface area contributed by atoms with E-state index < -0.39 is 18.2 Å². The molecule has 102 valence electrons. The summed E-state index contributed by atoms with van der Waals surface area (Å²) < 4.78 is 0.845. The topological polar surface area (TPSA) is 115 Å². The predicted octanol–water partition coefficient (Wildman–Crippen LogP) is 1.61. The van der Waals surface area contributed by atoms with Crippen LogP contribution in [0.3, 0.4) is 0 Å². The summed E-state index contributed by atoms with van der Waals surface area (Å²) in [6.45, 7) is 2.17. The first kappa shape index (κ1) is 18.9. The summed E-state index contributed by atoms with van der Waals surface area (Å²) in [5.74, 6) is -1.67. The zero-order valence-electron chi connectivity index (χ0n) is 9.87. The Hall–Kier alpha value is -1.44. The molecular formula is C11H15BrO6. The molecule has 0 aromatic heterocycles. The largest absolute Gasteiger partial charge is 0.481 e. The molecule has 0 aliphatic heterocycles. The van der Waals surface area contributed by atoms with Crippen molar-refractivity contribution in [2.24, 2.45) is 0 Å². The number of carbonyl (C=O) groups is 2. The van der Waals surface area contributed by atoms with Gasteiger partial charge in [0.15, 0.2) is 6.29 Å². The number of aliphatic hydroxyl groups excluding tert-OH is 1. The molecule has 0 amide bonds. The molecular weight excluding hydrogens is 308 g/mol. The van der Waals surface area contributed by atoms with Gasteiger partial charge in [0.25, 0.3) is 11.9 Å². The van der Waals surface area contributed by atoms with Crippen molar-refractivity contribution >= 4 is 27.9 Å². The first-order valence-corrected chi connectivity index (χ1v) is 5.46. The molecule has 1 rings (SSSR count). The van der Waals surface area contributed by atoms with E-state index in [9.17, 15) is 0 Å². The molecule has 0 radical (unpaired) electrons. The number of rotatable bonds is 1. The summed E-state index contributed by atoms with van der Waals surface area (Å²) in [6, 6.07) is 6.88. The van der Waals surface area contributed by atoms with Crippen LogP contribution in [0.1, 0.15) is 25.7 Å². The monoisotopic (exact) mass is 322 g/mol. The lowest BCUT2D eigenvalue weighted by Gasteiger charge is -2.02. The summed E-state index contributed by atoms with van der Waals surface area (Å²) in [4.78, 5) is 18.0. The van der Waals surface area contributed by atoms with Crippen LogP contribution in [0.4, 0.5) is 0 Å². The number of aliphatic hydroxyl groups is 2. The van der Waals surface area contributed by atoms with Crippen LogP contribution in [0.15, 0.2) is 28.7 Å². The maximum atomic E-state index is 9.00. The Bertz CT molecular complexity index is 358. The highest BCUT2D eigenvalue weighted by Gasteiger charge is 2.00. The minimum absolute atomic E-state index is 0.495. The highest BCUT2D eigenvalue weighted by Crippen LogP contribution is 2.15. The van der Waals surface area contributed by atoms with E-state index in [1.54, 1.807) is 18.2 Å². The first-order valence-electron chi connectivity index (χ1n) is 4.67. The quantitative estimate of drug-likeness (QED) is 0.584. The zero-order valence-corrected chi connectivity index (χ0v) is 11.5. The molecule has 0 heterocycles. The van der Waals surface area contributed by atoms with E-state index in [2.05, 4.69) is 15.9 Å². The van der Waals surface area contributed by atoms with Crippen LogP contribution < -0.4 is 0 Å². The summed E-state index contributed by atoms with van der Waals surface area (Å²) in [7, 11) is 0. The lowest BCUT2D eigenvalue weighted by Crippen LogP contribution is -1.93. The van der Waals surface area contributed by atoms with Crippen molar-refractivity contribution in [3.8, 4) is 0 Å². The van der Waals surface area contributed by atoms with Gasteiger partial charge >= 0.3 is 0 Å². The third-order valence-electron chi connectivity index (χ3n) is 1.15. The Labute approximate surface area is 113 Å². The zero-order chi connectivity index (χ0) is 14.7. The van der Waals surface area contributed by atoms with Gasteiger partial charge in [-0.15, -0.1) is 0 Å².